The van der Waals surface area contributed by atoms with Gasteiger partial charge in [-0.15, -0.1) is 0 Å². The van der Waals surface area contributed by atoms with Crippen LogP contribution in [-0.4, -0.2) is 26.1 Å². The Bertz CT molecular complexity index is 53.3. The summed E-state index contributed by atoms with van der Waals surface area (Å²) in [6.07, 6.45) is 0.715. The zero-order chi connectivity index (χ0) is 6.41. The van der Waals surface area contributed by atoms with Crippen molar-refractivity contribution in [2.45, 2.75) is 12.2 Å². The van der Waals surface area contributed by atoms with E-state index < -0.39 is 0 Å². The van der Waals surface area contributed by atoms with Crippen LogP contribution in [0.4, 0.5) is 0 Å². The second-order valence-electron chi connectivity index (χ2n) is 1.69. The van der Waals surface area contributed by atoms with Crippen LogP contribution in [0.5, 0.6) is 0 Å². The molecular weight excluding hydrogens is 103 g/mol. The third kappa shape index (κ3) is 4.11. The molecule has 3 nitrogen and oxygen atoms in total. The van der Waals surface area contributed by atoms with Gasteiger partial charge in [0.2, 0.25) is 0 Å². The molecule has 0 aromatic carbocycles. The van der Waals surface area contributed by atoms with Crippen LogP contribution < -0.4 is 11.3 Å². The number of rotatable bonds is 4. The van der Waals surface area contributed by atoms with E-state index in [2.05, 4.69) is 5.43 Å². The highest BCUT2D eigenvalue weighted by molar-refractivity contribution is 6.11. The maximum absolute atomic E-state index is 8.37. The van der Waals surface area contributed by atoms with E-state index in [1.165, 1.54) is 0 Å². The van der Waals surface area contributed by atoms with Crippen LogP contribution in [0, 0.1) is 0 Å². The number of aliphatic hydroxyl groups is 1. The molecule has 4 N–H and O–H groups in total. The van der Waals surface area contributed by atoms with Gasteiger partial charge in [0, 0.05) is 13.2 Å². The Morgan fingerprint density at radius 2 is 2.38 bits per heavy atom. The van der Waals surface area contributed by atoms with Crippen molar-refractivity contribution < 1.29 is 5.11 Å². The van der Waals surface area contributed by atoms with E-state index in [9.17, 15) is 0 Å². The molecule has 8 heavy (non-hydrogen) atoms. The first-order valence-electron chi connectivity index (χ1n) is 2.61. The van der Waals surface area contributed by atoms with E-state index in [1.807, 2.05) is 0 Å². The minimum absolute atomic E-state index is 0.0294. The molecule has 0 bridgehead atoms. The average molecular weight is 114 g/mol. The Morgan fingerprint density at radius 3 is 2.75 bits per heavy atom. The number of hydrogen-bond acceptors (Lipinski definition) is 3. The second kappa shape index (κ2) is 5.09. The first-order chi connectivity index (χ1) is 3.81. The molecule has 0 aliphatic carbocycles. The molecule has 0 amide bonds. The highest BCUT2D eigenvalue weighted by Crippen LogP contribution is 1.99. The maximum atomic E-state index is 8.37. The molecular formula is C4H11BN2O. The predicted octanol–water partition coefficient (Wildman–Crippen LogP) is -1.21. The lowest BCUT2D eigenvalue weighted by molar-refractivity contribution is 0.284. The summed E-state index contributed by atoms with van der Waals surface area (Å²) in [5.41, 5.74) is 2.44. The lowest BCUT2D eigenvalue weighted by Gasteiger charge is -2.04. The highest BCUT2D eigenvalue weighted by Gasteiger charge is 1.95. The van der Waals surface area contributed by atoms with Crippen LogP contribution in [0.1, 0.15) is 6.42 Å². The molecule has 0 aromatic heterocycles. The van der Waals surface area contributed by atoms with Gasteiger partial charge in [0.1, 0.15) is 0 Å². The Balaban J connectivity index is 2.86. The van der Waals surface area contributed by atoms with Crippen molar-refractivity contribution in [1.82, 2.24) is 5.43 Å². The van der Waals surface area contributed by atoms with Gasteiger partial charge in [-0.05, 0) is 6.42 Å². The standard InChI is InChI=1S/C4H11BN2O/c5-4(3-8)1-2-7-6/h4,7-8H,1-3,6H2/t4-/m0/s1. The fraction of sp³-hybridized carbons (Fsp3) is 1.00. The Hall–Kier alpha value is -0.0551. The maximum Gasteiger partial charge on any atom is 0.0731 e. The first kappa shape index (κ1) is 7.94. The van der Waals surface area contributed by atoms with Crippen molar-refractivity contribution in [3.8, 4) is 0 Å². The summed E-state index contributed by atoms with van der Waals surface area (Å²) in [5.74, 6) is 4.81. The monoisotopic (exact) mass is 114 g/mol. The van der Waals surface area contributed by atoms with Crippen molar-refractivity contribution in [1.29, 1.82) is 0 Å². The first-order valence-corrected chi connectivity index (χ1v) is 2.61. The van der Waals surface area contributed by atoms with Gasteiger partial charge in [-0.25, -0.2) is 0 Å². The van der Waals surface area contributed by atoms with Gasteiger partial charge < -0.3 is 5.11 Å². The molecule has 46 valence electrons. The Labute approximate surface area is 50.6 Å². The fourth-order valence-corrected chi connectivity index (χ4v) is 0.360. The minimum atomic E-state index is -0.133. The predicted molar refractivity (Wildman–Crippen MR) is 33.4 cm³/mol. The lowest BCUT2D eigenvalue weighted by Crippen LogP contribution is -2.24. The van der Waals surface area contributed by atoms with Crippen LogP contribution in [0.15, 0.2) is 0 Å². The number of aliphatic hydroxyl groups excluding tert-OH is 1. The smallest absolute Gasteiger partial charge is 0.0731 e. The van der Waals surface area contributed by atoms with E-state index in [4.69, 9.17) is 18.8 Å². The summed E-state index contributed by atoms with van der Waals surface area (Å²) < 4.78 is 0. The number of nitrogens with one attached hydrogen (secondary N) is 1. The average Bonchev–Trinajstić information content (AvgIpc) is 1.83. The van der Waals surface area contributed by atoms with E-state index in [-0.39, 0.29) is 12.4 Å². The molecule has 0 aliphatic rings. The Kier molecular flexibility index (Phi) is 5.05. The summed E-state index contributed by atoms with van der Waals surface area (Å²) in [6.45, 7) is 0.684. The SMILES string of the molecule is [B][C@H](CO)CCNN. The summed E-state index contributed by atoms with van der Waals surface area (Å²) in [5, 5.41) is 8.37. The van der Waals surface area contributed by atoms with Gasteiger partial charge in [0.25, 0.3) is 0 Å². The normalized spacial score (nSPS) is 13.8. The molecule has 1 atom stereocenters. The van der Waals surface area contributed by atoms with Crippen LogP contribution in [-0.2, 0) is 0 Å². The van der Waals surface area contributed by atoms with E-state index in [0.717, 1.165) is 0 Å². The molecule has 0 saturated heterocycles. The van der Waals surface area contributed by atoms with E-state index >= 15 is 0 Å². The Morgan fingerprint density at radius 1 is 1.75 bits per heavy atom. The number of nitrogens with two attached hydrogens (primary N) is 1. The van der Waals surface area contributed by atoms with E-state index in [0.29, 0.717) is 13.0 Å². The van der Waals surface area contributed by atoms with Crippen molar-refractivity contribution in [2.24, 2.45) is 5.84 Å². The molecule has 0 spiro atoms. The van der Waals surface area contributed by atoms with Gasteiger partial charge in [0.15, 0.2) is 0 Å². The summed E-state index contributed by atoms with van der Waals surface area (Å²) in [6, 6.07) is 0. The molecule has 0 unspecified atom stereocenters. The molecule has 0 aliphatic heterocycles. The highest BCUT2D eigenvalue weighted by atomic mass is 16.3. The zero-order valence-corrected chi connectivity index (χ0v) is 4.80. The molecule has 4 heteroatoms. The van der Waals surface area contributed by atoms with Gasteiger partial charge in [-0.2, -0.15) is 0 Å². The third-order valence-electron chi connectivity index (χ3n) is 0.894. The van der Waals surface area contributed by atoms with Crippen LogP contribution in [0.25, 0.3) is 0 Å². The van der Waals surface area contributed by atoms with Crippen molar-refractivity contribution >= 4 is 7.85 Å². The van der Waals surface area contributed by atoms with Crippen LogP contribution in [0.3, 0.4) is 0 Å². The summed E-state index contributed by atoms with van der Waals surface area (Å²) in [7, 11) is 5.31. The summed E-state index contributed by atoms with van der Waals surface area (Å²) in [4.78, 5) is 0. The topological polar surface area (TPSA) is 58.3 Å². The van der Waals surface area contributed by atoms with Gasteiger partial charge >= 0.3 is 0 Å². The fourth-order valence-electron chi connectivity index (χ4n) is 0.360. The second-order valence-corrected chi connectivity index (χ2v) is 1.69. The zero-order valence-electron chi connectivity index (χ0n) is 4.80. The number of hydrogen-bond donors (Lipinski definition) is 3. The third-order valence-corrected chi connectivity index (χ3v) is 0.894. The van der Waals surface area contributed by atoms with Crippen LogP contribution in [0.2, 0.25) is 5.82 Å². The summed E-state index contributed by atoms with van der Waals surface area (Å²) >= 11 is 0. The molecule has 0 aromatic rings. The molecule has 0 saturated carbocycles. The van der Waals surface area contributed by atoms with E-state index in [1.54, 1.807) is 0 Å². The van der Waals surface area contributed by atoms with Crippen molar-refractivity contribution in [3.63, 3.8) is 0 Å². The molecule has 0 fully saturated rings. The molecule has 0 heterocycles. The van der Waals surface area contributed by atoms with Crippen molar-refractivity contribution in [2.75, 3.05) is 13.2 Å². The lowest BCUT2D eigenvalue weighted by atomic mass is 9.85. The minimum Gasteiger partial charge on any atom is -0.397 e. The quantitative estimate of drug-likeness (QED) is 0.244. The van der Waals surface area contributed by atoms with Gasteiger partial charge in [-0.1, -0.05) is 5.82 Å². The van der Waals surface area contributed by atoms with Gasteiger partial charge in [-0.3, -0.25) is 11.3 Å². The molecule has 2 radical (unpaired) electrons. The van der Waals surface area contributed by atoms with Gasteiger partial charge in [0.05, 0.1) is 7.85 Å². The van der Waals surface area contributed by atoms with Crippen LogP contribution >= 0.6 is 0 Å². The molecule has 0 rings (SSSR count). The number of hydrazine groups is 1. The van der Waals surface area contributed by atoms with Crippen molar-refractivity contribution in [3.05, 3.63) is 0 Å². The largest absolute Gasteiger partial charge is 0.397 e.